The number of nitrogens with zero attached hydrogens (tertiary/aromatic N) is 2. The van der Waals surface area contributed by atoms with Crippen molar-refractivity contribution >= 4 is 5.97 Å². The molecule has 0 aromatic heterocycles. The molecule has 1 N–H and O–H groups in total. The van der Waals surface area contributed by atoms with Gasteiger partial charge in [-0.1, -0.05) is 18.2 Å². The second kappa shape index (κ2) is 7.43. The van der Waals surface area contributed by atoms with Crippen molar-refractivity contribution in [1.29, 1.82) is 5.26 Å². The van der Waals surface area contributed by atoms with Crippen molar-refractivity contribution in [3.63, 3.8) is 0 Å². The van der Waals surface area contributed by atoms with Crippen LogP contribution < -0.4 is 0 Å². The Balaban J connectivity index is 2.75. The molecule has 0 saturated heterocycles. The lowest BCUT2D eigenvalue weighted by Gasteiger charge is -2.20. The Morgan fingerprint density at radius 3 is 2.83 bits per heavy atom. The summed E-state index contributed by atoms with van der Waals surface area (Å²) < 4.78 is 4.95. The summed E-state index contributed by atoms with van der Waals surface area (Å²) in [7, 11) is 1.57. The van der Waals surface area contributed by atoms with Crippen LogP contribution in [-0.4, -0.2) is 42.8 Å². The summed E-state index contributed by atoms with van der Waals surface area (Å²) in [5.74, 6) is -0.888. The number of nitriles is 1. The van der Waals surface area contributed by atoms with Crippen LogP contribution in [0, 0.1) is 11.3 Å². The number of benzene rings is 1. The van der Waals surface area contributed by atoms with Gasteiger partial charge < -0.3 is 9.84 Å². The molecule has 5 heteroatoms. The number of rotatable bonds is 7. The average molecular weight is 248 g/mol. The maximum Gasteiger partial charge on any atom is 0.317 e. The predicted molar refractivity (Wildman–Crippen MR) is 65.9 cm³/mol. The van der Waals surface area contributed by atoms with Gasteiger partial charge in [-0.3, -0.25) is 9.69 Å². The van der Waals surface area contributed by atoms with Gasteiger partial charge in [-0.05, 0) is 11.6 Å². The van der Waals surface area contributed by atoms with Gasteiger partial charge in [0, 0.05) is 20.2 Å². The van der Waals surface area contributed by atoms with E-state index in [1.54, 1.807) is 24.1 Å². The zero-order valence-electron chi connectivity index (χ0n) is 10.3. The van der Waals surface area contributed by atoms with Crippen molar-refractivity contribution in [1.82, 2.24) is 4.90 Å². The summed E-state index contributed by atoms with van der Waals surface area (Å²) in [5, 5.41) is 17.8. The van der Waals surface area contributed by atoms with Crippen LogP contribution in [0.1, 0.15) is 11.1 Å². The van der Waals surface area contributed by atoms with Gasteiger partial charge in [0.15, 0.2) is 0 Å². The number of carbonyl (C=O) groups is 1. The van der Waals surface area contributed by atoms with Crippen molar-refractivity contribution < 1.29 is 14.6 Å². The fourth-order valence-electron chi connectivity index (χ4n) is 1.63. The molecule has 1 aromatic carbocycles. The molecule has 0 amide bonds. The molecule has 0 aliphatic heterocycles. The Hall–Kier alpha value is -1.90. The van der Waals surface area contributed by atoms with Crippen LogP contribution in [0.25, 0.3) is 0 Å². The van der Waals surface area contributed by atoms with Gasteiger partial charge in [-0.2, -0.15) is 5.26 Å². The van der Waals surface area contributed by atoms with Gasteiger partial charge in [0.25, 0.3) is 0 Å². The monoisotopic (exact) mass is 248 g/mol. The van der Waals surface area contributed by atoms with Crippen LogP contribution in [0.5, 0.6) is 0 Å². The Morgan fingerprint density at radius 2 is 2.22 bits per heavy atom. The summed E-state index contributed by atoms with van der Waals surface area (Å²) in [6, 6.07) is 9.29. The molecule has 0 unspecified atom stereocenters. The van der Waals surface area contributed by atoms with Crippen molar-refractivity contribution in [2.45, 2.75) is 6.54 Å². The van der Waals surface area contributed by atoms with Crippen LogP contribution in [-0.2, 0) is 16.1 Å². The van der Waals surface area contributed by atoms with Gasteiger partial charge in [0.05, 0.1) is 24.8 Å². The largest absolute Gasteiger partial charge is 0.480 e. The van der Waals surface area contributed by atoms with Crippen molar-refractivity contribution in [3.8, 4) is 6.07 Å². The average Bonchev–Trinajstić information content (AvgIpc) is 2.36. The van der Waals surface area contributed by atoms with Gasteiger partial charge in [0.1, 0.15) is 0 Å². The highest BCUT2D eigenvalue weighted by molar-refractivity contribution is 5.69. The highest BCUT2D eigenvalue weighted by atomic mass is 16.5. The SMILES string of the molecule is COCCN(CC(=O)O)Cc1ccccc1C#N. The summed E-state index contributed by atoms with van der Waals surface area (Å²) in [5.41, 5.74) is 1.41. The van der Waals surface area contributed by atoms with Crippen LogP contribution in [0.2, 0.25) is 0 Å². The minimum Gasteiger partial charge on any atom is -0.480 e. The number of hydrogen-bond acceptors (Lipinski definition) is 4. The van der Waals surface area contributed by atoms with Crippen LogP contribution >= 0.6 is 0 Å². The molecule has 18 heavy (non-hydrogen) atoms. The number of carboxylic acid groups (broad SMARTS) is 1. The highest BCUT2D eigenvalue weighted by Crippen LogP contribution is 2.10. The van der Waals surface area contributed by atoms with Gasteiger partial charge in [0.2, 0.25) is 0 Å². The first-order valence-electron chi connectivity index (χ1n) is 5.58. The Morgan fingerprint density at radius 1 is 1.50 bits per heavy atom. The van der Waals surface area contributed by atoms with E-state index in [2.05, 4.69) is 6.07 Å². The van der Waals surface area contributed by atoms with Gasteiger partial charge in [-0.25, -0.2) is 0 Å². The van der Waals surface area contributed by atoms with E-state index in [0.717, 1.165) is 5.56 Å². The Kier molecular flexibility index (Phi) is 5.85. The second-order valence-corrected chi connectivity index (χ2v) is 3.87. The molecule has 0 aliphatic carbocycles. The molecule has 5 nitrogen and oxygen atoms in total. The third-order valence-electron chi connectivity index (χ3n) is 2.50. The summed E-state index contributed by atoms with van der Waals surface area (Å²) in [6.45, 7) is 1.34. The van der Waals surface area contributed by atoms with Crippen LogP contribution in [0.15, 0.2) is 24.3 Å². The molecule has 0 atom stereocenters. The van der Waals surface area contributed by atoms with E-state index in [0.29, 0.717) is 25.3 Å². The predicted octanol–water partition coefficient (Wildman–Crippen LogP) is 1.09. The van der Waals surface area contributed by atoms with Crippen molar-refractivity contribution in [2.75, 3.05) is 26.8 Å². The lowest BCUT2D eigenvalue weighted by Crippen LogP contribution is -2.32. The molecule has 0 heterocycles. The molecule has 0 spiro atoms. The van der Waals surface area contributed by atoms with Gasteiger partial charge >= 0.3 is 5.97 Å². The maximum absolute atomic E-state index is 10.8. The van der Waals surface area contributed by atoms with Crippen molar-refractivity contribution in [3.05, 3.63) is 35.4 Å². The minimum atomic E-state index is -0.888. The zero-order valence-corrected chi connectivity index (χ0v) is 10.3. The highest BCUT2D eigenvalue weighted by Gasteiger charge is 2.12. The molecule has 0 saturated carbocycles. The zero-order chi connectivity index (χ0) is 13.4. The lowest BCUT2D eigenvalue weighted by molar-refractivity contribution is -0.138. The maximum atomic E-state index is 10.8. The Labute approximate surface area is 106 Å². The van der Waals surface area contributed by atoms with E-state index in [4.69, 9.17) is 15.1 Å². The molecular formula is C13H16N2O3. The lowest BCUT2D eigenvalue weighted by atomic mass is 10.1. The smallest absolute Gasteiger partial charge is 0.317 e. The molecule has 96 valence electrons. The Bertz CT molecular complexity index is 440. The third-order valence-corrected chi connectivity index (χ3v) is 2.50. The normalized spacial score (nSPS) is 10.3. The van der Waals surface area contributed by atoms with E-state index in [-0.39, 0.29) is 6.54 Å². The molecule has 0 fully saturated rings. The van der Waals surface area contributed by atoms with E-state index < -0.39 is 5.97 Å². The summed E-state index contributed by atoms with van der Waals surface area (Å²) in [6.07, 6.45) is 0. The standard InChI is InChI=1S/C13H16N2O3/c1-18-7-6-15(10-13(16)17)9-12-5-3-2-4-11(12)8-14/h2-5H,6-7,9-10H2,1H3,(H,16,17). The molecule has 1 aromatic rings. The molecule has 0 radical (unpaired) electrons. The first-order valence-corrected chi connectivity index (χ1v) is 5.58. The van der Waals surface area contributed by atoms with E-state index in [9.17, 15) is 4.79 Å². The molecule has 0 bridgehead atoms. The third kappa shape index (κ3) is 4.53. The number of ether oxygens (including phenoxy) is 1. The topological polar surface area (TPSA) is 73.6 Å². The molecule has 1 rings (SSSR count). The van der Waals surface area contributed by atoms with Crippen LogP contribution in [0.4, 0.5) is 0 Å². The summed E-state index contributed by atoms with van der Waals surface area (Å²) in [4.78, 5) is 12.5. The first-order chi connectivity index (χ1) is 8.67. The quantitative estimate of drug-likeness (QED) is 0.782. The minimum absolute atomic E-state index is 0.0663. The van der Waals surface area contributed by atoms with Crippen molar-refractivity contribution in [2.24, 2.45) is 0 Å². The number of hydrogen-bond donors (Lipinski definition) is 1. The number of carboxylic acids is 1. The van der Waals surface area contributed by atoms with Crippen LogP contribution in [0.3, 0.4) is 0 Å². The number of methoxy groups -OCH3 is 1. The van der Waals surface area contributed by atoms with E-state index >= 15 is 0 Å². The molecule has 0 aliphatic rings. The fraction of sp³-hybridized carbons (Fsp3) is 0.385. The van der Waals surface area contributed by atoms with Gasteiger partial charge in [-0.15, -0.1) is 0 Å². The summed E-state index contributed by atoms with van der Waals surface area (Å²) >= 11 is 0. The second-order valence-electron chi connectivity index (χ2n) is 3.87. The van der Waals surface area contributed by atoms with E-state index in [1.807, 2.05) is 12.1 Å². The number of aliphatic carboxylic acids is 1. The van der Waals surface area contributed by atoms with E-state index in [1.165, 1.54) is 0 Å². The molecular weight excluding hydrogens is 232 g/mol. The first kappa shape index (κ1) is 14.2. The fourth-order valence-corrected chi connectivity index (χ4v) is 1.63.